The molecule has 0 aliphatic heterocycles. The van der Waals surface area contributed by atoms with E-state index in [2.05, 4.69) is 4.40 Å². The van der Waals surface area contributed by atoms with Crippen molar-refractivity contribution in [3.8, 4) is 0 Å². The minimum Gasteiger partial charge on any atom is -0.288 e. The van der Waals surface area contributed by atoms with Crippen LogP contribution in [0.5, 0.6) is 0 Å². The van der Waals surface area contributed by atoms with Gasteiger partial charge in [0.2, 0.25) is 0 Å². The number of nitrogens with zero attached hydrogens (tertiary/aromatic N) is 2. The average Bonchev–Trinajstić information content (AvgIpc) is 2.47. The Hall–Kier alpha value is -2.18. The zero-order chi connectivity index (χ0) is 18.8. The predicted octanol–water partition coefficient (Wildman–Crippen LogP) is 3.93. The second-order valence-corrected chi connectivity index (χ2v) is 8.61. The summed E-state index contributed by atoms with van der Waals surface area (Å²) in [6.07, 6.45) is 8.29. The molecule has 0 radical (unpaired) electrons. The van der Waals surface area contributed by atoms with Crippen LogP contribution in [0.25, 0.3) is 0 Å². The molecular weight excluding hydrogens is 336 g/mol. The minimum atomic E-state index is -3.85. The van der Waals surface area contributed by atoms with E-state index in [1.54, 1.807) is 43.4 Å². The number of hydrogen-bond acceptors (Lipinski definition) is 4. The molecule has 0 spiro atoms. The first kappa shape index (κ1) is 19.1. The third-order valence-electron chi connectivity index (χ3n) is 3.71. The molecule has 6 heteroatoms. The lowest BCUT2D eigenvalue weighted by Crippen LogP contribution is -2.34. The number of rotatable bonds is 3. The Kier molecular flexibility index (Phi) is 5.34. The van der Waals surface area contributed by atoms with Crippen LogP contribution in [0.1, 0.15) is 31.9 Å². The summed E-state index contributed by atoms with van der Waals surface area (Å²) in [5.41, 5.74) is 1.94. The molecule has 1 N–H and O–H groups in total. The summed E-state index contributed by atoms with van der Waals surface area (Å²) < 4.78 is 29.4. The monoisotopic (exact) mass is 360 g/mol. The molecule has 0 unspecified atom stereocenters. The van der Waals surface area contributed by atoms with E-state index in [1.807, 2.05) is 33.8 Å². The van der Waals surface area contributed by atoms with Crippen LogP contribution in [-0.2, 0) is 10.0 Å². The topological polar surface area (TPSA) is 70.0 Å². The fraction of sp³-hybridized carbons (Fsp3) is 0.316. The van der Waals surface area contributed by atoms with Gasteiger partial charge in [0.05, 0.1) is 16.1 Å². The Labute approximate surface area is 149 Å². The van der Waals surface area contributed by atoms with Crippen molar-refractivity contribution in [2.24, 2.45) is 4.40 Å². The molecule has 1 aliphatic carbocycles. The molecular formula is C19H24N2O3S. The Morgan fingerprint density at radius 3 is 2.36 bits per heavy atom. The SMILES string of the molecule is Cc1ccc(S(=O)(=O)/N=C2\C=CC=C\C2=C\N(O)C(C)(C)C)c(C)c1. The van der Waals surface area contributed by atoms with Crippen LogP contribution in [0, 0.1) is 13.8 Å². The summed E-state index contributed by atoms with van der Waals surface area (Å²) in [6, 6.07) is 5.14. The molecule has 1 aromatic rings. The summed E-state index contributed by atoms with van der Waals surface area (Å²) >= 11 is 0. The van der Waals surface area contributed by atoms with E-state index in [0.29, 0.717) is 11.1 Å². The first-order valence-corrected chi connectivity index (χ1v) is 9.42. The van der Waals surface area contributed by atoms with Gasteiger partial charge in [-0.3, -0.25) is 10.3 Å². The first-order chi connectivity index (χ1) is 11.5. The molecule has 0 heterocycles. The highest BCUT2D eigenvalue weighted by molar-refractivity contribution is 7.90. The maximum absolute atomic E-state index is 12.7. The Balaban J connectivity index is 2.48. The van der Waals surface area contributed by atoms with Crippen LogP contribution in [0.2, 0.25) is 0 Å². The van der Waals surface area contributed by atoms with Crippen molar-refractivity contribution < 1.29 is 13.6 Å². The molecule has 1 aromatic carbocycles. The van der Waals surface area contributed by atoms with Crippen molar-refractivity contribution >= 4 is 15.7 Å². The molecule has 0 fully saturated rings. The van der Waals surface area contributed by atoms with Crippen LogP contribution >= 0.6 is 0 Å². The Bertz CT molecular complexity index is 886. The van der Waals surface area contributed by atoms with Crippen LogP contribution in [0.15, 0.2) is 63.6 Å². The molecule has 0 saturated heterocycles. The van der Waals surface area contributed by atoms with Gasteiger partial charge >= 0.3 is 0 Å². The standard InChI is InChI=1S/C19H24N2O3S/c1-14-10-11-18(15(2)12-14)25(23,24)20-17-9-7-6-8-16(17)13-21(22)19(3,4)5/h6-13,22H,1-5H3/b16-13-,20-17+. The van der Waals surface area contributed by atoms with Crippen molar-refractivity contribution in [2.75, 3.05) is 0 Å². The molecule has 0 atom stereocenters. The van der Waals surface area contributed by atoms with E-state index in [9.17, 15) is 13.6 Å². The third-order valence-corrected chi connectivity index (χ3v) is 5.16. The predicted molar refractivity (Wildman–Crippen MR) is 100 cm³/mol. The smallest absolute Gasteiger partial charge is 0.283 e. The highest BCUT2D eigenvalue weighted by atomic mass is 32.2. The van der Waals surface area contributed by atoms with Crippen LogP contribution in [-0.4, -0.2) is 29.9 Å². The van der Waals surface area contributed by atoms with Gasteiger partial charge in [0, 0.05) is 11.8 Å². The summed E-state index contributed by atoms with van der Waals surface area (Å²) in [5, 5.41) is 11.2. The largest absolute Gasteiger partial charge is 0.288 e. The molecule has 134 valence electrons. The number of sulfonamides is 1. The van der Waals surface area contributed by atoms with Gasteiger partial charge < -0.3 is 0 Å². The quantitative estimate of drug-likeness (QED) is 0.829. The van der Waals surface area contributed by atoms with Gasteiger partial charge in [-0.2, -0.15) is 12.8 Å². The first-order valence-electron chi connectivity index (χ1n) is 7.98. The van der Waals surface area contributed by atoms with Gasteiger partial charge in [0.15, 0.2) is 0 Å². The highest BCUT2D eigenvalue weighted by Crippen LogP contribution is 2.22. The fourth-order valence-electron chi connectivity index (χ4n) is 2.27. The second kappa shape index (κ2) is 6.98. The molecule has 0 amide bonds. The van der Waals surface area contributed by atoms with E-state index < -0.39 is 15.6 Å². The van der Waals surface area contributed by atoms with Crippen LogP contribution in [0.3, 0.4) is 0 Å². The number of benzene rings is 1. The van der Waals surface area contributed by atoms with Crippen LogP contribution in [0.4, 0.5) is 0 Å². The molecule has 0 saturated carbocycles. The van der Waals surface area contributed by atoms with E-state index in [0.717, 1.165) is 10.6 Å². The zero-order valence-electron chi connectivity index (χ0n) is 15.2. The molecule has 0 aromatic heterocycles. The second-order valence-electron chi connectivity index (χ2n) is 7.04. The summed E-state index contributed by atoms with van der Waals surface area (Å²) in [6.45, 7) is 9.19. The lowest BCUT2D eigenvalue weighted by Gasteiger charge is -2.29. The molecule has 2 rings (SSSR count). The van der Waals surface area contributed by atoms with Crippen molar-refractivity contribution in [3.63, 3.8) is 0 Å². The summed E-state index contributed by atoms with van der Waals surface area (Å²) in [5.74, 6) is 0. The maximum Gasteiger partial charge on any atom is 0.283 e. The Morgan fingerprint density at radius 2 is 1.76 bits per heavy atom. The van der Waals surface area contributed by atoms with Gasteiger partial charge in [0.25, 0.3) is 10.0 Å². The van der Waals surface area contributed by atoms with Gasteiger partial charge in [-0.1, -0.05) is 35.9 Å². The lowest BCUT2D eigenvalue weighted by molar-refractivity contribution is -0.110. The number of aryl methyl sites for hydroxylation is 2. The van der Waals surface area contributed by atoms with E-state index in [1.165, 1.54) is 6.20 Å². The maximum atomic E-state index is 12.7. The van der Waals surface area contributed by atoms with Crippen molar-refractivity contribution in [1.29, 1.82) is 0 Å². The highest BCUT2D eigenvalue weighted by Gasteiger charge is 2.20. The molecule has 25 heavy (non-hydrogen) atoms. The summed E-state index contributed by atoms with van der Waals surface area (Å²) in [7, 11) is -3.85. The van der Waals surface area contributed by atoms with E-state index >= 15 is 0 Å². The van der Waals surface area contributed by atoms with Crippen molar-refractivity contribution in [2.45, 2.75) is 45.1 Å². The van der Waals surface area contributed by atoms with E-state index in [-0.39, 0.29) is 10.6 Å². The number of hydrogen-bond donors (Lipinski definition) is 1. The van der Waals surface area contributed by atoms with E-state index in [4.69, 9.17) is 0 Å². The Morgan fingerprint density at radius 1 is 1.12 bits per heavy atom. The van der Waals surface area contributed by atoms with Gasteiger partial charge in [-0.15, -0.1) is 0 Å². The lowest BCUT2D eigenvalue weighted by atomic mass is 10.1. The molecule has 1 aliphatic rings. The average molecular weight is 360 g/mol. The minimum absolute atomic E-state index is 0.185. The number of hydroxylamine groups is 2. The molecule has 0 bridgehead atoms. The van der Waals surface area contributed by atoms with Gasteiger partial charge in [-0.25, -0.2) is 0 Å². The number of allylic oxidation sites excluding steroid dienone is 5. The van der Waals surface area contributed by atoms with Gasteiger partial charge in [-0.05, 0) is 52.3 Å². The zero-order valence-corrected chi connectivity index (χ0v) is 16.0. The molecule has 5 nitrogen and oxygen atoms in total. The fourth-order valence-corrected chi connectivity index (χ4v) is 3.50. The van der Waals surface area contributed by atoms with Crippen molar-refractivity contribution in [3.05, 3.63) is 65.4 Å². The normalized spacial score (nSPS) is 18.2. The van der Waals surface area contributed by atoms with Crippen molar-refractivity contribution in [1.82, 2.24) is 5.06 Å². The summed E-state index contributed by atoms with van der Waals surface area (Å²) in [4.78, 5) is 0.185. The third kappa shape index (κ3) is 4.67. The van der Waals surface area contributed by atoms with Gasteiger partial charge in [0.1, 0.15) is 0 Å². The van der Waals surface area contributed by atoms with Crippen LogP contribution < -0.4 is 0 Å².